The van der Waals surface area contributed by atoms with Crippen LogP contribution < -0.4 is 14.8 Å². The largest absolute Gasteiger partial charge is 0.496 e. The molecule has 0 aliphatic carbocycles. The number of hydrogen-bond donors (Lipinski definition) is 1. The predicted octanol–water partition coefficient (Wildman–Crippen LogP) is 2.76. The Labute approximate surface area is 150 Å². The Morgan fingerprint density at radius 2 is 2.08 bits per heavy atom. The molecule has 1 fully saturated rings. The number of likely N-dealkylation sites (tertiary alicyclic amines) is 1. The molecule has 0 bridgehead atoms. The van der Waals surface area contributed by atoms with E-state index in [1.165, 1.54) is 5.56 Å². The van der Waals surface area contributed by atoms with Gasteiger partial charge in [0.2, 0.25) is 5.91 Å². The number of amides is 1. The summed E-state index contributed by atoms with van der Waals surface area (Å²) in [7, 11) is 1.72. The third kappa shape index (κ3) is 4.09. The van der Waals surface area contributed by atoms with Crippen molar-refractivity contribution < 1.29 is 14.3 Å². The maximum Gasteiger partial charge on any atom is 0.225 e. The molecule has 1 atom stereocenters. The van der Waals surface area contributed by atoms with E-state index in [4.69, 9.17) is 9.47 Å². The SMILES string of the molecule is COc1cc2c(cc1CNC1CCN(C(=O)C(C)C)CC1)O[C@H](C)C2. The Morgan fingerprint density at radius 1 is 1.36 bits per heavy atom. The minimum atomic E-state index is 0.0857. The summed E-state index contributed by atoms with van der Waals surface area (Å²) >= 11 is 0. The minimum absolute atomic E-state index is 0.0857. The van der Waals surface area contributed by atoms with Gasteiger partial charge >= 0.3 is 0 Å². The monoisotopic (exact) mass is 346 g/mol. The second kappa shape index (κ2) is 7.65. The third-order valence-electron chi connectivity index (χ3n) is 5.18. The fourth-order valence-electron chi connectivity index (χ4n) is 3.73. The molecule has 1 aromatic carbocycles. The minimum Gasteiger partial charge on any atom is -0.496 e. The van der Waals surface area contributed by atoms with Crippen molar-refractivity contribution in [3.05, 3.63) is 23.3 Å². The van der Waals surface area contributed by atoms with Crippen LogP contribution in [0.25, 0.3) is 0 Å². The number of nitrogens with zero attached hydrogens (tertiary/aromatic N) is 1. The van der Waals surface area contributed by atoms with E-state index in [9.17, 15) is 4.79 Å². The highest BCUT2D eigenvalue weighted by Gasteiger charge is 2.25. The highest BCUT2D eigenvalue weighted by molar-refractivity contribution is 5.78. The molecule has 5 heteroatoms. The molecule has 138 valence electrons. The lowest BCUT2D eigenvalue weighted by Crippen LogP contribution is -2.46. The molecule has 1 saturated heterocycles. The van der Waals surface area contributed by atoms with Gasteiger partial charge in [0.15, 0.2) is 0 Å². The van der Waals surface area contributed by atoms with Gasteiger partial charge in [0.1, 0.15) is 17.6 Å². The van der Waals surface area contributed by atoms with E-state index in [1.807, 2.05) is 18.7 Å². The zero-order valence-corrected chi connectivity index (χ0v) is 15.8. The van der Waals surface area contributed by atoms with E-state index in [-0.39, 0.29) is 17.9 Å². The zero-order chi connectivity index (χ0) is 18.0. The van der Waals surface area contributed by atoms with Crippen molar-refractivity contribution in [2.24, 2.45) is 5.92 Å². The Kier molecular flexibility index (Phi) is 5.52. The van der Waals surface area contributed by atoms with Gasteiger partial charge in [-0.3, -0.25) is 4.79 Å². The molecule has 0 unspecified atom stereocenters. The highest BCUT2D eigenvalue weighted by Crippen LogP contribution is 2.35. The molecule has 0 aromatic heterocycles. The maximum atomic E-state index is 12.1. The van der Waals surface area contributed by atoms with Crippen LogP contribution in [0.3, 0.4) is 0 Å². The molecule has 2 heterocycles. The Hall–Kier alpha value is -1.75. The maximum absolute atomic E-state index is 12.1. The average Bonchev–Trinajstić information content (AvgIpc) is 2.97. The molecule has 2 aliphatic rings. The summed E-state index contributed by atoms with van der Waals surface area (Å²) in [6, 6.07) is 4.66. The van der Waals surface area contributed by atoms with Gasteiger partial charge in [-0.15, -0.1) is 0 Å². The summed E-state index contributed by atoms with van der Waals surface area (Å²) in [5.74, 6) is 2.27. The lowest BCUT2D eigenvalue weighted by atomic mass is 10.0. The van der Waals surface area contributed by atoms with Crippen molar-refractivity contribution in [1.82, 2.24) is 10.2 Å². The fourth-order valence-corrected chi connectivity index (χ4v) is 3.73. The van der Waals surface area contributed by atoms with Crippen LogP contribution in [0.4, 0.5) is 0 Å². The molecule has 2 aliphatic heterocycles. The van der Waals surface area contributed by atoms with Gasteiger partial charge in [-0.25, -0.2) is 0 Å². The summed E-state index contributed by atoms with van der Waals surface area (Å²) in [5, 5.41) is 3.63. The van der Waals surface area contributed by atoms with Crippen LogP contribution in [0.2, 0.25) is 0 Å². The molecule has 3 rings (SSSR count). The Bertz CT molecular complexity index is 622. The quantitative estimate of drug-likeness (QED) is 0.891. The molecule has 0 spiro atoms. The summed E-state index contributed by atoms with van der Waals surface area (Å²) < 4.78 is 11.4. The second-order valence-electron chi connectivity index (χ2n) is 7.54. The normalized spacial score (nSPS) is 20.5. The topological polar surface area (TPSA) is 50.8 Å². The van der Waals surface area contributed by atoms with Crippen molar-refractivity contribution in [3.8, 4) is 11.5 Å². The van der Waals surface area contributed by atoms with E-state index in [2.05, 4.69) is 24.4 Å². The predicted molar refractivity (Wildman–Crippen MR) is 98.1 cm³/mol. The molecular formula is C20H30N2O3. The smallest absolute Gasteiger partial charge is 0.225 e. The summed E-state index contributed by atoms with van der Waals surface area (Å²) in [5.41, 5.74) is 2.37. The fraction of sp³-hybridized carbons (Fsp3) is 0.650. The number of piperidine rings is 1. The summed E-state index contributed by atoms with van der Waals surface area (Å²) in [6.07, 6.45) is 3.19. The number of methoxy groups -OCH3 is 1. The number of carbonyl (C=O) groups excluding carboxylic acids is 1. The van der Waals surface area contributed by atoms with Crippen LogP contribution in [0, 0.1) is 5.92 Å². The van der Waals surface area contributed by atoms with Gasteiger partial charge in [0.25, 0.3) is 0 Å². The van der Waals surface area contributed by atoms with Gasteiger partial charge in [-0.05, 0) is 31.9 Å². The van der Waals surface area contributed by atoms with Crippen LogP contribution >= 0.6 is 0 Å². The zero-order valence-electron chi connectivity index (χ0n) is 15.8. The number of nitrogens with one attached hydrogen (secondary N) is 1. The summed E-state index contributed by atoms with van der Waals surface area (Å²) in [4.78, 5) is 14.1. The first-order valence-electron chi connectivity index (χ1n) is 9.36. The lowest BCUT2D eigenvalue weighted by Gasteiger charge is -2.33. The van der Waals surface area contributed by atoms with Crippen molar-refractivity contribution in [2.75, 3.05) is 20.2 Å². The van der Waals surface area contributed by atoms with E-state index in [1.54, 1.807) is 7.11 Å². The van der Waals surface area contributed by atoms with Gasteiger partial charge in [0, 0.05) is 49.1 Å². The molecule has 1 amide bonds. The van der Waals surface area contributed by atoms with Crippen LogP contribution in [-0.4, -0.2) is 43.2 Å². The van der Waals surface area contributed by atoms with Crippen molar-refractivity contribution in [1.29, 1.82) is 0 Å². The lowest BCUT2D eigenvalue weighted by molar-refractivity contribution is -0.135. The molecule has 1 aromatic rings. The number of hydrogen-bond acceptors (Lipinski definition) is 4. The van der Waals surface area contributed by atoms with Crippen LogP contribution in [0.1, 0.15) is 44.7 Å². The highest BCUT2D eigenvalue weighted by atomic mass is 16.5. The molecule has 0 radical (unpaired) electrons. The summed E-state index contributed by atoms with van der Waals surface area (Å²) in [6.45, 7) is 8.48. The number of rotatable bonds is 5. The van der Waals surface area contributed by atoms with Crippen LogP contribution in [-0.2, 0) is 17.8 Å². The van der Waals surface area contributed by atoms with Crippen LogP contribution in [0.15, 0.2) is 12.1 Å². The van der Waals surface area contributed by atoms with E-state index < -0.39 is 0 Å². The second-order valence-corrected chi connectivity index (χ2v) is 7.54. The van der Waals surface area contributed by atoms with Gasteiger partial charge in [-0.1, -0.05) is 13.8 Å². The van der Waals surface area contributed by atoms with E-state index >= 15 is 0 Å². The molecular weight excluding hydrogens is 316 g/mol. The van der Waals surface area contributed by atoms with E-state index in [0.717, 1.165) is 56.0 Å². The standard InChI is InChI=1S/C20H30N2O3/c1-13(2)20(23)22-7-5-17(6-8-22)21-12-16-11-19-15(9-14(3)25-19)10-18(16)24-4/h10-11,13-14,17,21H,5-9,12H2,1-4H3/t14-/m1/s1. The molecule has 0 saturated carbocycles. The van der Waals surface area contributed by atoms with Gasteiger partial charge < -0.3 is 19.7 Å². The first-order valence-corrected chi connectivity index (χ1v) is 9.36. The first-order chi connectivity index (χ1) is 12.0. The Morgan fingerprint density at radius 3 is 2.72 bits per heavy atom. The van der Waals surface area contributed by atoms with Gasteiger partial charge in [0.05, 0.1) is 7.11 Å². The van der Waals surface area contributed by atoms with Gasteiger partial charge in [-0.2, -0.15) is 0 Å². The third-order valence-corrected chi connectivity index (χ3v) is 5.18. The number of ether oxygens (including phenoxy) is 2. The van der Waals surface area contributed by atoms with E-state index in [0.29, 0.717) is 6.04 Å². The van der Waals surface area contributed by atoms with Crippen LogP contribution in [0.5, 0.6) is 11.5 Å². The molecule has 5 nitrogen and oxygen atoms in total. The number of carbonyl (C=O) groups is 1. The molecule has 25 heavy (non-hydrogen) atoms. The van der Waals surface area contributed by atoms with Crippen molar-refractivity contribution in [3.63, 3.8) is 0 Å². The molecule has 1 N–H and O–H groups in total. The van der Waals surface area contributed by atoms with Crippen molar-refractivity contribution >= 4 is 5.91 Å². The average molecular weight is 346 g/mol. The number of benzene rings is 1. The van der Waals surface area contributed by atoms with Crippen molar-refractivity contribution in [2.45, 2.75) is 58.7 Å². The number of fused-ring (bicyclic) bond motifs is 1. The Balaban J connectivity index is 1.56. The first kappa shape index (κ1) is 18.1.